The first-order valence-corrected chi connectivity index (χ1v) is 21.4. The fraction of sp³-hybridized carbons (Fsp3) is 0.0345. The van der Waals surface area contributed by atoms with E-state index in [9.17, 15) is 0 Å². The smallest absolute Gasteiger partial charge is 0.160 e. The molecule has 5 heteroatoms. The van der Waals surface area contributed by atoms with E-state index in [4.69, 9.17) is 13.3 Å². The van der Waals surface area contributed by atoms with Crippen LogP contribution in [0.4, 0.5) is 34.1 Å². The molecule has 0 N–H and O–H groups in total. The van der Waals surface area contributed by atoms with E-state index < -0.39 is 0 Å². The van der Waals surface area contributed by atoms with Gasteiger partial charge in [-0.3, -0.25) is 0 Å². The zero-order valence-corrected chi connectivity index (χ0v) is 34.6. The number of benzene rings is 10. The lowest BCUT2D eigenvalue weighted by Crippen LogP contribution is -2.11. The second-order valence-corrected chi connectivity index (χ2v) is 16.6. The van der Waals surface area contributed by atoms with Gasteiger partial charge in [-0.2, -0.15) is 0 Å². The van der Waals surface area contributed by atoms with E-state index in [1.165, 1.54) is 11.1 Å². The lowest BCUT2D eigenvalue weighted by atomic mass is 9.97. The van der Waals surface area contributed by atoms with Crippen LogP contribution in [-0.4, -0.2) is 0 Å². The molecular formula is C58H38N2O3. The molecule has 0 unspecified atom stereocenters. The van der Waals surface area contributed by atoms with E-state index in [2.05, 4.69) is 194 Å². The Hall–Kier alpha value is -8.28. The largest absolute Gasteiger partial charge is 0.454 e. The third kappa shape index (κ3) is 5.36. The van der Waals surface area contributed by atoms with E-state index in [-0.39, 0.29) is 0 Å². The van der Waals surface area contributed by atoms with Gasteiger partial charge in [-0.1, -0.05) is 145 Å². The normalized spacial score (nSPS) is 12.0. The molecule has 0 atom stereocenters. The summed E-state index contributed by atoms with van der Waals surface area (Å²) in [4.78, 5) is 4.63. The SMILES string of the molecule is Cc1ccc(N(c2cccc3c2oc2ccccc23)c2cc3ccccc3c3c2oc2c(N(c4ccc(C)cc4)c4cccc5c4oc4ccccc45)cc4ccccc4c23)cc1. The van der Waals surface area contributed by atoms with Gasteiger partial charge in [0.15, 0.2) is 22.3 Å². The average Bonchev–Trinajstić information content (AvgIpc) is 4.04. The Bertz CT molecular complexity index is 3690. The number of para-hydroxylation sites is 4. The highest BCUT2D eigenvalue weighted by atomic mass is 16.3. The quantitative estimate of drug-likeness (QED) is 0.167. The van der Waals surface area contributed by atoms with Crippen molar-refractivity contribution in [3.8, 4) is 0 Å². The van der Waals surface area contributed by atoms with Crippen molar-refractivity contribution in [3.63, 3.8) is 0 Å². The van der Waals surface area contributed by atoms with Crippen molar-refractivity contribution in [2.75, 3.05) is 9.80 Å². The first-order chi connectivity index (χ1) is 31.1. The van der Waals surface area contributed by atoms with Crippen molar-refractivity contribution < 1.29 is 13.3 Å². The van der Waals surface area contributed by atoms with E-state index in [1.807, 2.05) is 24.3 Å². The number of hydrogen-bond acceptors (Lipinski definition) is 5. The molecular weight excluding hydrogens is 773 g/mol. The molecule has 0 fully saturated rings. The van der Waals surface area contributed by atoms with Gasteiger partial charge >= 0.3 is 0 Å². The van der Waals surface area contributed by atoms with Crippen molar-refractivity contribution in [3.05, 3.63) is 205 Å². The summed E-state index contributed by atoms with van der Waals surface area (Å²) in [6, 6.07) is 68.7. The van der Waals surface area contributed by atoms with Crippen LogP contribution in [0.15, 0.2) is 207 Å². The van der Waals surface area contributed by atoms with E-state index in [0.717, 1.165) is 121 Å². The molecule has 3 aromatic heterocycles. The number of fused-ring (bicyclic) bond motifs is 13. The van der Waals surface area contributed by atoms with Crippen molar-refractivity contribution in [2.45, 2.75) is 13.8 Å². The molecule has 0 saturated carbocycles. The van der Waals surface area contributed by atoms with Gasteiger partial charge in [-0.15, -0.1) is 0 Å². The third-order valence-corrected chi connectivity index (χ3v) is 12.7. The van der Waals surface area contributed by atoms with Crippen LogP contribution in [0.25, 0.3) is 87.4 Å². The topological polar surface area (TPSA) is 45.9 Å². The number of hydrogen-bond donors (Lipinski definition) is 0. The van der Waals surface area contributed by atoms with E-state index in [1.54, 1.807) is 0 Å². The van der Waals surface area contributed by atoms with Crippen molar-refractivity contribution >= 4 is 121 Å². The number of anilines is 6. The third-order valence-electron chi connectivity index (χ3n) is 12.7. The Morgan fingerprint density at radius 2 is 0.683 bits per heavy atom. The minimum absolute atomic E-state index is 0.779. The van der Waals surface area contributed by atoms with Crippen LogP contribution >= 0.6 is 0 Å². The van der Waals surface area contributed by atoms with Gasteiger partial charge in [0.1, 0.15) is 11.2 Å². The first-order valence-electron chi connectivity index (χ1n) is 21.4. The molecule has 63 heavy (non-hydrogen) atoms. The van der Waals surface area contributed by atoms with Gasteiger partial charge in [0, 0.05) is 43.7 Å². The van der Waals surface area contributed by atoms with Crippen LogP contribution in [0.1, 0.15) is 11.1 Å². The van der Waals surface area contributed by atoms with Gasteiger partial charge in [0.25, 0.3) is 0 Å². The molecule has 0 saturated heterocycles. The van der Waals surface area contributed by atoms with E-state index >= 15 is 0 Å². The Balaban J connectivity index is 1.18. The summed E-state index contributed by atoms with van der Waals surface area (Å²) in [7, 11) is 0. The molecule has 0 amide bonds. The second kappa shape index (κ2) is 13.6. The molecule has 0 aliphatic carbocycles. The second-order valence-electron chi connectivity index (χ2n) is 16.6. The molecule has 0 bridgehead atoms. The Kier molecular flexibility index (Phi) is 7.67. The maximum absolute atomic E-state index is 7.62. The lowest BCUT2D eigenvalue weighted by Gasteiger charge is -2.26. The Labute approximate surface area is 362 Å². The Morgan fingerprint density at radius 3 is 1.13 bits per heavy atom. The minimum atomic E-state index is 0.779. The summed E-state index contributed by atoms with van der Waals surface area (Å²) in [5, 5.41) is 10.8. The molecule has 0 aliphatic rings. The van der Waals surface area contributed by atoms with Gasteiger partial charge in [0.05, 0.1) is 22.7 Å². The molecule has 13 aromatic rings. The fourth-order valence-electron chi connectivity index (χ4n) is 9.79. The maximum atomic E-state index is 7.62. The summed E-state index contributed by atoms with van der Waals surface area (Å²) in [6.07, 6.45) is 0. The van der Waals surface area contributed by atoms with Gasteiger partial charge in [-0.25, -0.2) is 0 Å². The van der Waals surface area contributed by atoms with Crippen LogP contribution in [0, 0.1) is 13.8 Å². The lowest BCUT2D eigenvalue weighted by molar-refractivity contribution is 0.665. The molecule has 0 aliphatic heterocycles. The van der Waals surface area contributed by atoms with Gasteiger partial charge in [-0.05, 0) is 96.1 Å². The molecule has 5 nitrogen and oxygen atoms in total. The predicted octanol–water partition coefficient (Wildman–Crippen LogP) is 17.2. The molecule has 3 heterocycles. The maximum Gasteiger partial charge on any atom is 0.160 e. The number of aryl methyl sites for hydroxylation is 2. The molecule has 0 radical (unpaired) electrons. The molecule has 298 valence electrons. The molecule has 0 spiro atoms. The summed E-state index contributed by atoms with van der Waals surface area (Å²) in [6.45, 7) is 4.25. The number of nitrogens with zero attached hydrogens (tertiary/aromatic N) is 2. The number of furan rings is 3. The van der Waals surface area contributed by atoms with Gasteiger partial charge in [0.2, 0.25) is 0 Å². The van der Waals surface area contributed by atoms with Crippen LogP contribution in [-0.2, 0) is 0 Å². The standard InChI is InChI=1S/C58H38N2O3/c1-35-25-29-39(30-26-35)59(47-21-11-19-45-43-17-7-9-23-51(43)61-55(45)47)49-33-37-13-3-5-15-41(37)53-54-42-16-6-4-14-38(42)34-50(58(54)63-57(49)53)60(40-31-27-36(2)28-32-40)48-22-12-20-46-44-18-8-10-24-52(44)62-56(46)48/h3-34H,1-2H3. The monoisotopic (exact) mass is 810 g/mol. The number of rotatable bonds is 6. The van der Waals surface area contributed by atoms with Crippen LogP contribution in [0.2, 0.25) is 0 Å². The molecule has 13 rings (SSSR count). The highest BCUT2D eigenvalue weighted by molar-refractivity contribution is 6.31. The van der Waals surface area contributed by atoms with Crippen LogP contribution in [0.3, 0.4) is 0 Å². The highest BCUT2D eigenvalue weighted by Gasteiger charge is 2.29. The van der Waals surface area contributed by atoms with Gasteiger partial charge < -0.3 is 23.1 Å². The van der Waals surface area contributed by atoms with Crippen molar-refractivity contribution in [1.82, 2.24) is 0 Å². The summed E-state index contributed by atoms with van der Waals surface area (Å²) >= 11 is 0. The zero-order valence-electron chi connectivity index (χ0n) is 34.6. The minimum Gasteiger partial charge on any atom is -0.454 e. The highest BCUT2D eigenvalue weighted by Crippen LogP contribution is 2.53. The zero-order chi connectivity index (χ0) is 41.8. The predicted molar refractivity (Wildman–Crippen MR) is 262 cm³/mol. The van der Waals surface area contributed by atoms with Crippen molar-refractivity contribution in [2.24, 2.45) is 0 Å². The Morgan fingerprint density at radius 1 is 0.302 bits per heavy atom. The fourth-order valence-corrected chi connectivity index (χ4v) is 9.79. The summed E-state index contributed by atoms with van der Waals surface area (Å²) in [5.74, 6) is 0. The first kappa shape index (κ1) is 35.5. The summed E-state index contributed by atoms with van der Waals surface area (Å²) < 4.78 is 21.2. The van der Waals surface area contributed by atoms with Crippen LogP contribution < -0.4 is 9.80 Å². The van der Waals surface area contributed by atoms with E-state index in [0.29, 0.717) is 0 Å². The molecule has 10 aromatic carbocycles. The average molecular weight is 811 g/mol. The summed E-state index contributed by atoms with van der Waals surface area (Å²) in [5.41, 5.74) is 12.9. The van der Waals surface area contributed by atoms with Crippen molar-refractivity contribution in [1.29, 1.82) is 0 Å². The van der Waals surface area contributed by atoms with Crippen LogP contribution in [0.5, 0.6) is 0 Å².